The molecule has 0 radical (unpaired) electrons. The second-order valence-electron chi connectivity index (χ2n) is 5.36. The third kappa shape index (κ3) is 1.64. The Morgan fingerprint density at radius 1 is 1.10 bits per heavy atom. The van der Waals surface area contributed by atoms with E-state index in [0.29, 0.717) is 16.6 Å². The summed E-state index contributed by atoms with van der Waals surface area (Å²) in [5.41, 5.74) is 2.94. The van der Waals surface area contributed by atoms with E-state index >= 15 is 0 Å². The Bertz CT molecular complexity index is 1050. The Hall–Kier alpha value is -2.55. The molecule has 0 aliphatic rings. The maximum absolute atomic E-state index is 12.1. The van der Waals surface area contributed by atoms with Crippen molar-refractivity contribution in [2.24, 2.45) is 0 Å². The van der Waals surface area contributed by atoms with E-state index in [1.54, 1.807) is 6.26 Å². The smallest absolute Gasteiger partial charge is 0.347 e. The fraction of sp³-hybridized carbons (Fsp3) is 0.167. The fourth-order valence-corrected chi connectivity index (χ4v) is 2.93. The zero-order valence-electron chi connectivity index (χ0n) is 11.9. The fourth-order valence-electron chi connectivity index (χ4n) is 2.93. The molecule has 0 saturated heterocycles. The molecule has 0 atom stereocenters. The van der Waals surface area contributed by atoms with Gasteiger partial charge in [0.1, 0.15) is 11.0 Å². The molecule has 4 rings (SSSR count). The Kier molecular flexibility index (Phi) is 2.45. The summed E-state index contributed by atoms with van der Waals surface area (Å²) in [6.45, 7) is 3.99. The molecule has 21 heavy (non-hydrogen) atoms. The SMILES string of the molecule is CCc1ccc2c(ccc3oc(=O)c4c(C)coc4c32)c1. The molecular formula is C18H14O3. The van der Waals surface area contributed by atoms with Crippen molar-refractivity contribution in [1.29, 1.82) is 0 Å². The molecular weight excluding hydrogens is 264 g/mol. The average Bonchev–Trinajstić information content (AvgIpc) is 2.89. The highest BCUT2D eigenvalue weighted by Crippen LogP contribution is 2.32. The van der Waals surface area contributed by atoms with Gasteiger partial charge in [-0.1, -0.05) is 31.2 Å². The minimum atomic E-state index is -0.340. The van der Waals surface area contributed by atoms with Gasteiger partial charge in [-0.3, -0.25) is 0 Å². The predicted octanol–water partition coefficient (Wildman–Crippen LogP) is 4.56. The highest BCUT2D eigenvalue weighted by atomic mass is 16.4. The first-order chi connectivity index (χ1) is 10.2. The minimum absolute atomic E-state index is 0.340. The van der Waals surface area contributed by atoms with Crippen molar-refractivity contribution < 1.29 is 8.83 Å². The van der Waals surface area contributed by atoms with Gasteiger partial charge >= 0.3 is 5.63 Å². The van der Waals surface area contributed by atoms with Crippen LogP contribution in [0.25, 0.3) is 32.7 Å². The van der Waals surface area contributed by atoms with Crippen molar-refractivity contribution in [3.63, 3.8) is 0 Å². The van der Waals surface area contributed by atoms with Crippen LogP contribution >= 0.6 is 0 Å². The molecule has 0 N–H and O–H groups in total. The highest BCUT2D eigenvalue weighted by Gasteiger charge is 2.15. The number of hydrogen-bond donors (Lipinski definition) is 0. The molecule has 3 heteroatoms. The molecule has 0 aliphatic carbocycles. The summed E-state index contributed by atoms with van der Waals surface area (Å²) in [5, 5.41) is 3.59. The van der Waals surface area contributed by atoms with Crippen LogP contribution in [0.15, 0.2) is 50.2 Å². The lowest BCUT2D eigenvalue weighted by atomic mass is 10.0. The highest BCUT2D eigenvalue weighted by molar-refractivity contribution is 6.16. The quantitative estimate of drug-likeness (QED) is 0.378. The van der Waals surface area contributed by atoms with Crippen molar-refractivity contribution in [1.82, 2.24) is 0 Å². The molecule has 0 aliphatic heterocycles. The van der Waals surface area contributed by atoms with E-state index in [2.05, 4.69) is 25.1 Å². The van der Waals surface area contributed by atoms with E-state index in [-0.39, 0.29) is 5.63 Å². The number of aryl methyl sites for hydroxylation is 2. The Morgan fingerprint density at radius 3 is 2.76 bits per heavy atom. The number of furan rings is 1. The zero-order valence-corrected chi connectivity index (χ0v) is 11.9. The summed E-state index contributed by atoms with van der Waals surface area (Å²) in [6.07, 6.45) is 2.60. The summed E-state index contributed by atoms with van der Waals surface area (Å²) in [6, 6.07) is 10.2. The van der Waals surface area contributed by atoms with E-state index in [1.807, 2.05) is 19.1 Å². The van der Waals surface area contributed by atoms with Crippen LogP contribution in [-0.4, -0.2) is 0 Å². The lowest BCUT2D eigenvalue weighted by molar-refractivity contribution is 0.565. The Balaban J connectivity index is 2.29. The van der Waals surface area contributed by atoms with Crippen LogP contribution in [-0.2, 0) is 6.42 Å². The lowest BCUT2D eigenvalue weighted by Gasteiger charge is -2.05. The van der Waals surface area contributed by atoms with Crippen molar-refractivity contribution in [2.45, 2.75) is 20.3 Å². The van der Waals surface area contributed by atoms with Crippen molar-refractivity contribution in [3.8, 4) is 0 Å². The molecule has 0 unspecified atom stereocenters. The Morgan fingerprint density at radius 2 is 1.95 bits per heavy atom. The van der Waals surface area contributed by atoms with Gasteiger partial charge in [-0.15, -0.1) is 0 Å². The molecule has 0 fully saturated rings. The summed E-state index contributed by atoms with van der Waals surface area (Å²) < 4.78 is 11.1. The van der Waals surface area contributed by atoms with Crippen LogP contribution in [0, 0.1) is 6.92 Å². The van der Waals surface area contributed by atoms with Gasteiger partial charge in [0.25, 0.3) is 0 Å². The van der Waals surface area contributed by atoms with Gasteiger partial charge in [-0.05, 0) is 35.7 Å². The van der Waals surface area contributed by atoms with Gasteiger partial charge in [-0.2, -0.15) is 0 Å². The van der Waals surface area contributed by atoms with Gasteiger partial charge < -0.3 is 8.83 Å². The molecule has 104 valence electrons. The Labute approximate surface area is 120 Å². The number of fused-ring (bicyclic) bond motifs is 5. The van der Waals surface area contributed by atoms with Crippen LogP contribution in [0.4, 0.5) is 0 Å². The van der Waals surface area contributed by atoms with Crippen LogP contribution in [0.5, 0.6) is 0 Å². The summed E-state index contributed by atoms with van der Waals surface area (Å²) >= 11 is 0. The summed E-state index contributed by atoms with van der Waals surface area (Å²) in [7, 11) is 0. The maximum Gasteiger partial charge on any atom is 0.347 e. The largest absolute Gasteiger partial charge is 0.463 e. The molecule has 0 bridgehead atoms. The van der Waals surface area contributed by atoms with Crippen molar-refractivity contribution in [2.75, 3.05) is 0 Å². The average molecular weight is 278 g/mol. The van der Waals surface area contributed by atoms with Crippen LogP contribution in [0.1, 0.15) is 18.1 Å². The predicted molar refractivity (Wildman–Crippen MR) is 83.9 cm³/mol. The normalized spacial score (nSPS) is 11.7. The standard InChI is InChI=1S/C18H14O3/c1-3-11-4-6-13-12(8-11)5-7-14-16(13)17-15(18(19)21-14)10(2)9-20-17/h4-9H,3H2,1-2H3. The van der Waals surface area contributed by atoms with E-state index in [0.717, 1.165) is 28.1 Å². The molecule has 2 aromatic heterocycles. The van der Waals surface area contributed by atoms with Gasteiger partial charge in [0.2, 0.25) is 0 Å². The summed E-state index contributed by atoms with van der Waals surface area (Å²) in [5.74, 6) is 0. The van der Waals surface area contributed by atoms with E-state index < -0.39 is 0 Å². The number of hydrogen-bond acceptors (Lipinski definition) is 3. The van der Waals surface area contributed by atoms with Crippen LogP contribution < -0.4 is 5.63 Å². The first-order valence-corrected chi connectivity index (χ1v) is 7.05. The van der Waals surface area contributed by atoms with E-state index in [1.165, 1.54) is 5.56 Å². The molecule has 2 heterocycles. The third-order valence-electron chi connectivity index (χ3n) is 4.06. The van der Waals surface area contributed by atoms with Crippen LogP contribution in [0.3, 0.4) is 0 Å². The third-order valence-corrected chi connectivity index (χ3v) is 4.06. The summed E-state index contributed by atoms with van der Waals surface area (Å²) in [4.78, 5) is 12.1. The first-order valence-electron chi connectivity index (χ1n) is 7.05. The maximum atomic E-state index is 12.1. The monoisotopic (exact) mass is 278 g/mol. The molecule has 0 spiro atoms. The number of rotatable bonds is 1. The lowest BCUT2D eigenvalue weighted by Crippen LogP contribution is -1.99. The molecule has 0 saturated carbocycles. The van der Waals surface area contributed by atoms with Gasteiger partial charge in [-0.25, -0.2) is 4.79 Å². The minimum Gasteiger partial charge on any atom is -0.463 e. The molecule has 3 nitrogen and oxygen atoms in total. The van der Waals surface area contributed by atoms with Gasteiger partial charge in [0.05, 0.1) is 11.6 Å². The van der Waals surface area contributed by atoms with Gasteiger partial charge in [0, 0.05) is 5.56 Å². The molecule has 4 aromatic rings. The van der Waals surface area contributed by atoms with Crippen molar-refractivity contribution >= 4 is 32.7 Å². The molecule has 2 aromatic carbocycles. The second-order valence-corrected chi connectivity index (χ2v) is 5.36. The molecule has 0 amide bonds. The van der Waals surface area contributed by atoms with E-state index in [4.69, 9.17) is 8.83 Å². The topological polar surface area (TPSA) is 43.4 Å². The zero-order chi connectivity index (χ0) is 14.6. The second kappa shape index (κ2) is 4.22. The van der Waals surface area contributed by atoms with Gasteiger partial charge in [0.15, 0.2) is 5.58 Å². The van der Waals surface area contributed by atoms with Crippen molar-refractivity contribution in [3.05, 3.63) is 58.1 Å². The van der Waals surface area contributed by atoms with E-state index in [9.17, 15) is 4.79 Å². The van der Waals surface area contributed by atoms with Crippen LogP contribution in [0.2, 0.25) is 0 Å². The number of benzene rings is 2. The first kappa shape index (κ1) is 12.2.